The van der Waals surface area contributed by atoms with Gasteiger partial charge in [0.05, 0.1) is 5.88 Å². The Balaban J connectivity index is 1.80. The maximum absolute atomic E-state index is 12.5. The second kappa shape index (κ2) is 9.31. The summed E-state index contributed by atoms with van der Waals surface area (Å²) in [5.74, 6) is 1.30. The molecule has 1 N–H and O–H groups in total. The summed E-state index contributed by atoms with van der Waals surface area (Å²) in [5, 5.41) is 3.02. The van der Waals surface area contributed by atoms with Crippen molar-refractivity contribution in [3.8, 4) is 0 Å². The first-order valence-electron chi connectivity index (χ1n) is 9.31. The van der Waals surface area contributed by atoms with Crippen LogP contribution in [0.25, 0.3) is 0 Å². The van der Waals surface area contributed by atoms with Crippen LogP contribution >= 0.6 is 11.8 Å². The second-order valence-electron chi connectivity index (χ2n) is 7.60. The Bertz CT molecular complexity index is 601. The number of thioether (sulfide) groups is 1. The average molecular weight is 378 g/mol. The zero-order chi connectivity index (χ0) is 19.2. The summed E-state index contributed by atoms with van der Waals surface area (Å²) < 4.78 is 0. The lowest BCUT2D eigenvalue weighted by molar-refractivity contribution is -0.144. The molecule has 144 valence electrons. The molecule has 0 spiro atoms. The Morgan fingerprint density at radius 2 is 1.96 bits per heavy atom. The molecule has 1 heterocycles. The van der Waals surface area contributed by atoms with Gasteiger partial charge in [0.15, 0.2) is 0 Å². The maximum atomic E-state index is 12.5. The van der Waals surface area contributed by atoms with Crippen LogP contribution in [0.3, 0.4) is 0 Å². The van der Waals surface area contributed by atoms with Crippen LogP contribution in [0, 0.1) is 5.41 Å². The lowest BCUT2D eigenvalue weighted by Crippen LogP contribution is -2.50. The summed E-state index contributed by atoms with van der Waals surface area (Å²) in [6, 6.07) is 9.96. The molecule has 1 aliphatic heterocycles. The zero-order valence-corrected chi connectivity index (χ0v) is 17.1. The van der Waals surface area contributed by atoms with Crippen molar-refractivity contribution in [2.45, 2.75) is 40.2 Å². The van der Waals surface area contributed by atoms with Crippen molar-refractivity contribution in [2.24, 2.45) is 5.41 Å². The maximum Gasteiger partial charge on any atom is 0.243 e. The molecule has 0 saturated carbocycles. The van der Waals surface area contributed by atoms with Gasteiger partial charge >= 0.3 is 0 Å². The Morgan fingerprint density at radius 3 is 2.58 bits per heavy atom. The molecule has 6 heteroatoms. The number of benzene rings is 1. The number of amides is 2. The molecule has 0 radical (unpaired) electrons. The predicted octanol–water partition coefficient (Wildman–Crippen LogP) is 2.97. The van der Waals surface area contributed by atoms with E-state index in [1.165, 1.54) is 5.69 Å². The molecule has 5 nitrogen and oxygen atoms in total. The van der Waals surface area contributed by atoms with E-state index in [9.17, 15) is 9.59 Å². The molecule has 26 heavy (non-hydrogen) atoms. The SMILES string of the molecule is CCN(CCCNC(=O)C1CSCN1C(=O)C(C)(C)C)c1ccccc1. The fraction of sp³-hybridized carbons (Fsp3) is 0.600. The Hall–Kier alpha value is -1.69. The van der Waals surface area contributed by atoms with Crippen LogP contribution in [0.1, 0.15) is 34.1 Å². The average Bonchev–Trinajstić information content (AvgIpc) is 3.10. The number of nitrogens with zero attached hydrogens (tertiary/aromatic N) is 2. The van der Waals surface area contributed by atoms with Gasteiger partial charge in [-0.2, -0.15) is 0 Å². The van der Waals surface area contributed by atoms with Crippen molar-refractivity contribution in [1.82, 2.24) is 10.2 Å². The van der Waals surface area contributed by atoms with Gasteiger partial charge in [-0.15, -0.1) is 11.8 Å². The van der Waals surface area contributed by atoms with E-state index >= 15 is 0 Å². The minimum Gasteiger partial charge on any atom is -0.372 e. The Kier molecular flexibility index (Phi) is 7.38. The largest absolute Gasteiger partial charge is 0.372 e. The van der Waals surface area contributed by atoms with Crippen LogP contribution in [-0.2, 0) is 9.59 Å². The molecule has 1 unspecified atom stereocenters. The Morgan fingerprint density at radius 1 is 1.27 bits per heavy atom. The molecule has 1 fully saturated rings. The zero-order valence-electron chi connectivity index (χ0n) is 16.3. The van der Waals surface area contributed by atoms with E-state index in [1.807, 2.05) is 39.0 Å². The molecule has 2 amide bonds. The van der Waals surface area contributed by atoms with Crippen molar-refractivity contribution >= 4 is 29.3 Å². The number of rotatable bonds is 7. The van der Waals surface area contributed by atoms with Gasteiger partial charge in [0.2, 0.25) is 11.8 Å². The molecule has 1 aliphatic rings. The van der Waals surface area contributed by atoms with Gasteiger partial charge in [-0.1, -0.05) is 39.0 Å². The van der Waals surface area contributed by atoms with Gasteiger partial charge in [0.1, 0.15) is 6.04 Å². The van der Waals surface area contributed by atoms with E-state index in [4.69, 9.17) is 0 Å². The summed E-state index contributed by atoms with van der Waals surface area (Å²) >= 11 is 1.64. The number of hydrogen-bond acceptors (Lipinski definition) is 4. The standard InChI is InChI=1S/C20H31N3O2S/c1-5-22(16-10-7-6-8-11-16)13-9-12-21-18(24)17-14-26-15-23(17)19(25)20(2,3)4/h6-8,10-11,17H,5,9,12-15H2,1-4H3,(H,21,24). The van der Waals surface area contributed by atoms with Crippen molar-refractivity contribution in [1.29, 1.82) is 0 Å². The summed E-state index contributed by atoms with van der Waals surface area (Å²) in [6.07, 6.45) is 0.877. The van der Waals surface area contributed by atoms with Crippen LogP contribution in [0.4, 0.5) is 5.69 Å². The number of nitrogens with one attached hydrogen (secondary N) is 1. The number of anilines is 1. The van der Waals surface area contributed by atoms with Crippen molar-refractivity contribution in [2.75, 3.05) is 36.2 Å². The van der Waals surface area contributed by atoms with E-state index in [0.717, 1.165) is 19.5 Å². The van der Waals surface area contributed by atoms with Crippen molar-refractivity contribution in [3.63, 3.8) is 0 Å². The van der Waals surface area contributed by atoms with Gasteiger partial charge in [-0.3, -0.25) is 9.59 Å². The normalized spacial score (nSPS) is 17.2. The molecule has 1 saturated heterocycles. The van der Waals surface area contributed by atoms with Crippen molar-refractivity contribution < 1.29 is 9.59 Å². The summed E-state index contributed by atoms with van der Waals surface area (Å²) in [6.45, 7) is 10.3. The first-order chi connectivity index (χ1) is 12.3. The van der Waals surface area contributed by atoms with Crippen LogP contribution < -0.4 is 10.2 Å². The fourth-order valence-corrected chi connectivity index (χ4v) is 4.15. The van der Waals surface area contributed by atoms with Crippen LogP contribution in [0.15, 0.2) is 30.3 Å². The van der Waals surface area contributed by atoms with Crippen molar-refractivity contribution in [3.05, 3.63) is 30.3 Å². The third kappa shape index (κ3) is 5.40. The second-order valence-corrected chi connectivity index (χ2v) is 8.60. The molecule has 0 aliphatic carbocycles. The van der Waals surface area contributed by atoms with Crippen LogP contribution in [-0.4, -0.2) is 54.0 Å². The van der Waals surface area contributed by atoms with Crippen LogP contribution in [0.5, 0.6) is 0 Å². The molecule has 1 atom stereocenters. The molecule has 2 rings (SSSR count). The summed E-state index contributed by atoms with van der Waals surface area (Å²) in [5.41, 5.74) is 0.747. The van der Waals surface area contributed by atoms with E-state index in [-0.39, 0.29) is 17.9 Å². The Labute approximate surface area is 161 Å². The number of carbonyl (C=O) groups excluding carboxylic acids is 2. The fourth-order valence-electron chi connectivity index (χ4n) is 3.00. The number of hydrogen-bond donors (Lipinski definition) is 1. The topological polar surface area (TPSA) is 52.7 Å². The highest BCUT2D eigenvalue weighted by Crippen LogP contribution is 2.27. The quantitative estimate of drug-likeness (QED) is 0.742. The third-order valence-corrected chi connectivity index (χ3v) is 5.51. The first kappa shape index (κ1) is 20.6. The van der Waals surface area contributed by atoms with E-state index < -0.39 is 5.41 Å². The summed E-state index contributed by atoms with van der Waals surface area (Å²) in [4.78, 5) is 29.1. The minimum atomic E-state index is -0.458. The van der Waals surface area contributed by atoms with Gasteiger partial charge in [-0.25, -0.2) is 0 Å². The van der Waals surface area contributed by atoms with Gasteiger partial charge in [-0.05, 0) is 25.5 Å². The minimum absolute atomic E-state index is 0.0321. The number of para-hydroxylation sites is 1. The monoisotopic (exact) mass is 377 g/mol. The van der Waals surface area contributed by atoms with Gasteiger partial charge in [0, 0.05) is 36.5 Å². The highest BCUT2D eigenvalue weighted by Gasteiger charge is 2.38. The molecular formula is C20H31N3O2S. The predicted molar refractivity (Wildman–Crippen MR) is 109 cm³/mol. The third-order valence-electron chi connectivity index (χ3n) is 4.49. The van der Waals surface area contributed by atoms with Gasteiger partial charge < -0.3 is 15.1 Å². The number of carbonyl (C=O) groups is 2. The molecule has 0 bridgehead atoms. The lowest BCUT2D eigenvalue weighted by Gasteiger charge is -2.29. The van der Waals surface area contributed by atoms with Gasteiger partial charge in [0.25, 0.3) is 0 Å². The molecule has 1 aromatic rings. The molecule has 1 aromatic carbocycles. The first-order valence-corrected chi connectivity index (χ1v) is 10.5. The summed E-state index contributed by atoms with van der Waals surface area (Å²) in [7, 11) is 0. The smallest absolute Gasteiger partial charge is 0.243 e. The highest BCUT2D eigenvalue weighted by atomic mass is 32.2. The molecule has 0 aromatic heterocycles. The van der Waals surface area contributed by atoms with Crippen LogP contribution in [0.2, 0.25) is 0 Å². The molecular weight excluding hydrogens is 346 g/mol. The highest BCUT2D eigenvalue weighted by molar-refractivity contribution is 7.99. The lowest BCUT2D eigenvalue weighted by atomic mass is 9.94. The van der Waals surface area contributed by atoms with E-state index in [2.05, 4.69) is 29.3 Å². The van der Waals surface area contributed by atoms with E-state index in [0.29, 0.717) is 18.2 Å². The van der Waals surface area contributed by atoms with E-state index in [1.54, 1.807) is 16.7 Å².